The summed E-state index contributed by atoms with van der Waals surface area (Å²) in [7, 11) is 0. The van der Waals surface area contributed by atoms with Crippen LogP contribution in [0.3, 0.4) is 0 Å². The van der Waals surface area contributed by atoms with E-state index in [1.165, 1.54) is 18.3 Å². The summed E-state index contributed by atoms with van der Waals surface area (Å²) in [6.45, 7) is 1.53. The molecule has 0 aliphatic carbocycles. The number of hydrogen-bond acceptors (Lipinski definition) is 5. The van der Waals surface area contributed by atoms with E-state index in [9.17, 15) is 4.79 Å². The molecular weight excluding hydrogens is 224 g/mol. The van der Waals surface area contributed by atoms with Crippen molar-refractivity contribution in [1.82, 2.24) is 4.98 Å². The highest BCUT2D eigenvalue weighted by Gasteiger charge is 2.12. The third kappa shape index (κ3) is 2.02. The number of nitriles is 1. The number of esters is 1. The number of ether oxygens (including phenoxy) is 1. The minimum Gasteiger partial charge on any atom is -0.444 e. The summed E-state index contributed by atoms with van der Waals surface area (Å²) >= 11 is 1.46. The molecule has 1 heterocycles. The highest BCUT2D eigenvalue weighted by Crippen LogP contribution is 2.19. The van der Waals surface area contributed by atoms with Crippen LogP contribution >= 0.6 is 11.3 Å². The summed E-state index contributed by atoms with van der Waals surface area (Å²) in [5.41, 5.74) is 3.02. The van der Waals surface area contributed by atoms with Crippen LogP contribution < -0.4 is 0 Å². The molecule has 0 unspecified atom stereocenters. The van der Waals surface area contributed by atoms with Crippen molar-refractivity contribution in [3.05, 3.63) is 29.3 Å². The van der Waals surface area contributed by atoms with Crippen molar-refractivity contribution in [2.24, 2.45) is 0 Å². The van der Waals surface area contributed by atoms with E-state index in [0.29, 0.717) is 5.56 Å². The molecule has 0 bridgehead atoms. The molecule has 0 N–H and O–H groups in total. The molecule has 0 saturated heterocycles. The van der Waals surface area contributed by atoms with Gasteiger partial charge in [0.2, 0.25) is 0 Å². The monoisotopic (exact) mass is 232 g/mol. The van der Waals surface area contributed by atoms with Gasteiger partial charge in [0, 0.05) is 0 Å². The Balaban J connectivity index is 2.26. The summed E-state index contributed by atoms with van der Waals surface area (Å²) in [4.78, 5) is 15.7. The van der Waals surface area contributed by atoms with Crippen LogP contribution in [0.2, 0.25) is 0 Å². The number of nitrogens with zero attached hydrogens (tertiary/aromatic N) is 2. The van der Waals surface area contributed by atoms with Gasteiger partial charge in [-0.25, -0.2) is 9.78 Å². The topological polar surface area (TPSA) is 63.0 Å². The lowest BCUT2D eigenvalue weighted by atomic mass is 10.2. The van der Waals surface area contributed by atoms with Crippen molar-refractivity contribution in [2.75, 3.05) is 0 Å². The molecule has 0 saturated carbocycles. The zero-order valence-corrected chi connectivity index (χ0v) is 9.32. The van der Waals surface area contributed by atoms with Gasteiger partial charge in [0.25, 0.3) is 0 Å². The molecule has 0 radical (unpaired) electrons. The molecule has 1 aromatic carbocycles. The quantitative estimate of drug-likeness (QED) is 0.746. The van der Waals surface area contributed by atoms with Crippen molar-refractivity contribution < 1.29 is 9.53 Å². The highest BCUT2D eigenvalue weighted by atomic mass is 32.1. The maximum atomic E-state index is 11.6. The lowest BCUT2D eigenvalue weighted by molar-refractivity contribution is 0.0435. The number of hydrogen-bond donors (Lipinski definition) is 0. The fourth-order valence-corrected chi connectivity index (χ4v) is 1.95. The fraction of sp³-hybridized carbons (Fsp3) is 0.182. The normalized spacial score (nSPS) is 12.0. The Labute approximate surface area is 96.1 Å². The summed E-state index contributed by atoms with van der Waals surface area (Å²) in [6, 6.07) is 6.98. The second-order valence-corrected chi connectivity index (χ2v) is 4.10. The first-order valence-corrected chi connectivity index (χ1v) is 5.52. The van der Waals surface area contributed by atoms with Gasteiger partial charge in [-0.1, -0.05) is 0 Å². The van der Waals surface area contributed by atoms with Gasteiger partial charge in [0.15, 0.2) is 6.10 Å². The predicted molar refractivity (Wildman–Crippen MR) is 60.1 cm³/mol. The van der Waals surface area contributed by atoms with Crippen LogP contribution in [0.4, 0.5) is 0 Å². The molecule has 0 aliphatic heterocycles. The molecule has 1 aromatic heterocycles. The number of rotatable bonds is 2. The molecule has 0 aliphatic rings. The van der Waals surface area contributed by atoms with Crippen LogP contribution in [0.5, 0.6) is 0 Å². The second-order valence-electron chi connectivity index (χ2n) is 3.21. The molecule has 5 heteroatoms. The predicted octanol–water partition coefficient (Wildman–Crippen LogP) is 2.37. The lowest BCUT2D eigenvalue weighted by Crippen LogP contribution is -2.12. The lowest BCUT2D eigenvalue weighted by Gasteiger charge is -2.05. The van der Waals surface area contributed by atoms with Gasteiger partial charge in [0.1, 0.15) is 6.07 Å². The SMILES string of the molecule is C[C@H](C#N)OC(=O)c1ccc2ncsc2c1. The molecular formula is C11H8N2O2S. The summed E-state index contributed by atoms with van der Waals surface area (Å²) in [6.07, 6.45) is -0.732. The van der Waals surface area contributed by atoms with E-state index in [1.54, 1.807) is 23.7 Å². The summed E-state index contributed by atoms with van der Waals surface area (Å²) < 4.78 is 5.82. The standard InChI is InChI=1S/C11H8N2O2S/c1-7(5-12)15-11(14)8-2-3-9-10(4-8)16-6-13-9/h2-4,6-7H,1H3/t7-/m1/s1. The van der Waals surface area contributed by atoms with Gasteiger partial charge in [-0.3, -0.25) is 0 Å². The van der Waals surface area contributed by atoms with Crippen LogP contribution in [0.1, 0.15) is 17.3 Å². The van der Waals surface area contributed by atoms with Gasteiger partial charge >= 0.3 is 5.97 Å². The van der Waals surface area contributed by atoms with Crippen molar-refractivity contribution in [2.45, 2.75) is 13.0 Å². The van der Waals surface area contributed by atoms with Gasteiger partial charge < -0.3 is 4.74 Å². The zero-order chi connectivity index (χ0) is 11.5. The average molecular weight is 232 g/mol. The molecule has 0 amide bonds. The van der Waals surface area contributed by atoms with E-state index < -0.39 is 12.1 Å². The van der Waals surface area contributed by atoms with Crippen LogP contribution in [-0.4, -0.2) is 17.1 Å². The maximum Gasteiger partial charge on any atom is 0.339 e. The first kappa shape index (κ1) is 10.6. The third-order valence-corrected chi connectivity index (χ3v) is 2.82. The van der Waals surface area contributed by atoms with Crippen LogP contribution in [0.15, 0.2) is 23.7 Å². The molecule has 16 heavy (non-hydrogen) atoms. The van der Waals surface area contributed by atoms with E-state index in [0.717, 1.165) is 10.2 Å². The van der Waals surface area contributed by atoms with E-state index in [2.05, 4.69) is 4.98 Å². The number of benzene rings is 1. The van der Waals surface area contributed by atoms with E-state index in [1.807, 2.05) is 6.07 Å². The molecule has 2 aromatic rings. The Morgan fingerprint density at radius 2 is 2.44 bits per heavy atom. The number of thiazole rings is 1. The fourth-order valence-electron chi connectivity index (χ4n) is 1.24. The Kier molecular flexibility index (Phi) is 2.84. The second kappa shape index (κ2) is 4.29. The molecule has 4 nitrogen and oxygen atoms in total. The van der Waals surface area contributed by atoms with Gasteiger partial charge in [-0.15, -0.1) is 11.3 Å². The Bertz CT molecular complexity index is 571. The van der Waals surface area contributed by atoms with Crippen LogP contribution in [0, 0.1) is 11.3 Å². The summed E-state index contributed by atoms with van der Waals surface area (Å²) in [5, 5.41) is 8.53. The van der Waals surface area contributed by atoms with Crippen molar-refractivity contribution >= 4 is 27.5 Å². The smallest absolute Gasteiger partial charge is 0.339 e. The first-order valence-electron chi connectivity index (χ1n) is 4.64. The third-order valence-electron chi connectivity index (χ3n) is 2.03. The number of carbonyl (C=O) groups excluding carboxylic acids is 1. The van der Waals surface area contributed by atoms with Crippen LogP contribution in [-0.2, 0) is 4.74 Å². The minimum absolute atomic E-state index is 0.443. The number of carbonyl (C=O) groups is 1. The van der Waals surface area contributed by atoms with Crippen molar-refractivity contribution in [3.8, 4) is 6.07 Å². The van der Waals surface area contributed by atoms with Gasteiger partial charge in [-0.05, 0) is 25.1 Å². The molecule has 0 fully saturated rings. The first-order chi connectivity index (χ1) is 7.70. The Hall–Kier alpha value is -1.93. The number of fused-ring (bicyclic) bond motifs is 1. The Morgan fingerprint density at radius 3 is 3.19 bits per heavy atom. The van der Waals surface area contributed by atoms with Gasteiger partial charge in [0.05, 0.1) is 21.3 Å². The molecule has 2 rings (SSSR count). The highest BCUT2D eigenvalue weighted by molar-refractivity contribution is 7.16. The molecule has 80 valence electrons. The Morgan fingerprint density at radius 1 is 1.62 bits per heavy atom. The van der Waals surface area contributed by atoms with Gasteiger partial charge in [-0.2, -0.15) is 5.26 Å². The average Bonchev–Trinajstić information content (AvgIpc) is 2.75. The minimum atomic E-state index is -0.732. The molecule has 0 spiro atoms. The summed E-state index contributed by atoms with van der Waals surface area (Å²) in [5.74, 6) is -0.482. The van der Waals surface area contributed by atoms with E-state index in [4.69, 9.17) is 10.00 Å². The largest absolute Gasteiger partial charge is 0.444 e. The zero-order valence-electron chi connectivity index (χ0n) is 8.51. The maximum absolute atomic E-state index is 11.6. The molecule has 1 atom stereocenters. The van der Waals surface area contributed by atoms with Crippen LogP contribution in [0.25, 0.3) is 10.2 Å². The van der Waals surface area contributed by atoms with Crippen molar-refractivity contribution in [1.29, 1.82) is 5.26 Å². The number of aromatic nitrogens is 1. The van der Waals surface area contributed by atoms with E-state index >= 15 is 0 Å². The van der Waals surface area contributed by atoms with E-state index in [-0.39, 0.29) is 0 Å². The van der Waals surface area contributed by atoms with Crippen molar-refractivity contribution in [3.63, 3.8) is 0 Å².